The fourth-order valence-electron chi connectivity index (χ4n) is 2.59. The van der Waals surface area contributed by atoms with E-state index in [-0.39, 0.29) is 23.3 Å². The van der Waals surface area contributed by atoms with Crippen LogP contribution < -0.4 is 10.6 Å². The summed E-state index contributed by atoms with van der Waals surface area (Å²) >= 11 is 3.01. The Morgan fingerprint density at radius 1 is 1.00 bits per heavy atom. The second-order valence-electron chi connectivity index (χ2n) is 6.29. The number of thioether (sulfide) groups is 1. The second kappa shape index (κ2) is 11.3. The average molecular weight is 441 g/mol. The van der Waals surface area contributed by atoms with Gasteiger partial charge in [0.1, 0.15) is 11.5 Å². The number of hydrogen-bond donors (Lipinski definition) is 2. The van der Waals surface area contributed by atoms with Gasteiger partial charge in [-0.25, -0.2) is 4.39 Å². The number of hydrogen-bond acceptors (Lipinski definition) is 4. The predicted molar refractivity (Wildman–Crippen MR) is 122 cm³/mol. The van der Waals surface area contributed by atoms with E-state index in [0.717, 1.165) is 4.88 Å². The largest absolute Gasteiger partial charge is 0.350 e. The van der Waals surface area contributed by atoms with Crippen molar-refractivity contribution >= 4 is 41.0 Å². The molecule has 0 saturated heterocycles. The molecule has 3 rings (SSSR count). The molecular formula is C23H21FN2O2S2. The van der Waals surface area contributed by atoms with Crippen molar-refractivity contribution < 1.29 is 14.0 Å². The molecule has 154 valence electrons. The lowest BCUT2D eigenvalue weighted by atomic mass is 10.2. The third-order valence-corrected chi connectivity index (χ3v) is 5.93. The van der Waals surface area contributed by atoms with Crippen molar-refractivity contribution in [3.63, 3.8) is 0 Å². The summed E-state index contributed by atoms with van der Waals surface area (Å²) in [7, 11) is 0. The van der Waals surface area contributed by atoms with Gasteiger partial charge in [-0.05, 0) is 41.3 Å². The van der Waals surface area contributed by atoms with E-state index in [9.17, 15) is 14.0 Å². The van der Waals surface area contributed by atoms with E-state index in [4.69, 9.17) is 0 Å². The summed E-state index contributed by atoms with van der Waals surface area (Å²) in [5, 5.41) is 7.43. The van der Waals surface area contributed by atoms with Crippen LogP contribution in [0.25, 0.3) is 6.08 Å². The van der Waals surface area contributed by atoms with Gasteiger partial charge >= 0.3 is 0 Å². The molecule has 2 amide bonds. The molecule has 3 aromatic rings. The lowest BCUT2D eigenvalue weighted by Gasteiger charge is -2.11. The Labute approximate surface area is 183 Å². The Morgan fingerprint density at radius 2 is 1.77 bits per heavy atom. The molecule has 7 heteroatoms. The molecule has 0 aliphatic carbocycles. The molecule has 30 heavy (non-hydrogen) atoms. The van der Waals surface area contributed by atoms with Crippen LogP contribution in [0.3, 0.4) is 0 Å². The van der Waals surface area contributed by atoms with Gasteiger partial charge in [-0.2, -0.15) is 11.8 Å². The van der Waals surface area contributed by atoms with Crippen LogP contribution in [-0.4, -0.2) is 24.1 Å². The highest BCUT2D eigenvalue weighted by molar-refractivity contribution is 7.98. The lowest BCUT2D eigenvalue weighted by Crippen LogP contribution is -2.35. The van der Waals surface area contributed by atoms with Gasteiger partial charge in [0.25, 0.3) is 11.8 Å². The summed E-state index contributed by atoms with van der Waals surface area (Å²) in [4.78, 5) is 26.0. The number of benzene rings is 2. The molecule has 4 nitrogen and oxygen atoms in total. The van der Waals surface area contributed by atoms with E-state index in [1.807, 2.05) is 23.6 Å². The number of carbonyl (C=O) groups excluding carboxylic acids is 2. The topological polar surface area (TPSA) is 58.2 Å². The number of rotatable bonds is 9. The van der Waals surface area contributed by atoms with Gasteiger partial charge in [-0.3, -0.25) is 9.59 Å². The zero-order valence-electron chi connectivity index (χ0n) is 16.1. The number of amides is 2. The van der Waals surface area contributed by atoms with E-state index >= 15 is 0 Å². The summed E-state index contributed by atoms with van der Waals surface area (Å²) in [6, 6.07) is 19.1. The molecule has 0 saturated carbocycles. The zero-order chi connectivity index (χ0) is 21.2. The van der Waals surface area contributed by atoms with Crippen molar-refractivity contribution in [1.82, 2.24) is 10.6 Å². The molecule has 2 N–H and O–H groups in total. The molecule has 0 fully saturated rings. The third-order valence-electron chi connectivity index (χ3n) is 4.11. The minimum atomic E-state index is -0.362. The number of carbonyl (C=O) groups is 2. The van der Waals surface area contributed by atoms with Crippen molar-refractivity contribution in [3.05, 3.63) is 99.6 Å². The highest BCUT2D eigenvalue weighted by Crippen LogP contribution is 2.15. The van der Waals surface area contributed by atoms with Crippen LogP contribution >= 0.6 is 23.1 Å². The van der Waals surface area contributed by atoms with Crippen LogP contribution in [0.4, 0.5) is 4.39 Å². The predicted octanol–water partition coefficient (Wildman–Crippen LogP) is 4.71. The fourth-order valence-corrected chi connectivity index (χ4v) is 4.09. The van der Waals surface area contributed by atoms with E-state index in [1.165, 1.54) is 29.2 Å². The first kappa shape index (κ1) is 21.8. The number of nitrogens with one attached hydrogen (secondary N) is 2. The normalized spacial score (nSPS) is 11.2. The van der Waals surface area contributed by atoms with E-state index < -0.39 is 0 Å². The summed E-state index contributed by atoms with van der Waals surface area (Å²) in [6.07, 6.45) is 1.66. The van der Waals surface area contributed by atoms with Gasteiger partial charge in [-0.15, -0.1) is 11.3 Å². The maximum Gasteiger partial charge on any atom is 0.267 e. The number of halogens is 1. The average Bonchev–Trinajstić information content (AvgIpc) is 3.28. The Balaban J connectivity index is 1.56. The van der Waals surface area contributed by atoms with Crippen LogP contribution in [0.2, 0.25) is 0 Å². The smallest absolute Gasteiger partial charge is 0.267 e. The van der Waals surface area contributed by atoms with Crippen molar-refractivity contribution in [2.24, 2.45) is 0 Å². The first-order valence-electron chi connectivity index (χ1n) is 9.34. The molecule has 0 aliphatic rings. The Morgan fingerprint density at radius 3 is 2.50 bits per heavy atom. The SMILES string of the molecule is O=C(NCCSCc1ccccc1F)/C(=C/c1cccs1)NC(=O)c1ccccc1. The van der Waals surface area contributed by atoms with Crippen LogP contribution in [0.15, 0.2) is 77.8 Å². The molecule has 0 atom stereocenters. The number of thiophene rings is 1. The summed E-state index contributed by atoms with van der Waals surface area (Å²) < 4.78 is 13.6. The molecule has 0 aliphatic heterocycles. The van der Waals surface area contributed by atoms with Crippen molar-refractivity contribution in [3.8, 4) is 0 Å². The quantitative estimate of drug-likeness (QED) is 0.374. The fraction of sp³-hybridized carbons (Fsp3) is 0.130. The Hall–Kier alpha value is -2.90. The van der Waals surface area contributed by atoms with Gasteiger partial charge in [0, 0.05) is 28.5 Å². The van der Waals surface area contributed by atoms with Gasteiger partial charge in [0.2, 0.25) is 0 Å². The van der Waals surface area contributed by atoms with E-state index in [0.29, 0.717) is 29.2 Å². The first-order valence-corrected chi connectivity index (χ1v) is 11.4. The third kappa shape index (κ3) is 6.57. The second-order valence-corrected chi connectivity index (χ2v) is 8.38. The summed E-state index contributed by atoms with van der Waals surface area (Å²) in [6.45, 7) is 0.404. The molecule has 2 aromatic carbocycles. The molecule has 0 unspecified atom stereocenters. The van der Waals surface area contributed by atoms with Crippen LogP contribution in [0.1, 0.15) is 20.8 Å². The maximum atomic E-state index is 13.6. The zero-order valence-corrected chi connectivity index (χ0v) is 17.8. The molecular weight excluding hydrogens is 419 g/mol. The van der Waals surface area contributed by atoms with Crippen molar-refractivity contribution in [2.75, 3.05) is 12.3 Å². The van der Waals surface area contributed by atoms with Crippen LogP contribution in [-0.2, 0) is 10.5 Å². The summed E-state index contributed by atoms with van der Waals surface area (Å²) in [5.41, 5.74) is 1.30. The molecule has 0 spiro atoms. The molecule has 1 aromatic heterocycles. The highest BCUT2D eigenvalue weighted by Gasteiger charge is 2.14. The minimum absolute atomic E-state index is 0.186. The Bertz CT molecular complexity index is 1010. The van der Waals surface area contributed by atoms with Gasteiger partial charge in [0.15, 0.2) is 0 Å². The maximum absolute atomic E-state index is 13.6. The van der Waals surface area contributed by atoms with Crippen molar-refractivity contribution in [2.45, 2.75) is 5.75 Å². The van der Waals surface area contributed by atoms with E-state index in [2.05, 4.69) is 10.6 Å². The standard InChI is InChI=1S/C23H21FN2O2S2/c24-20-11-5-4-9-18(20)16-29-14-12-25-23(28)21(15-19-10-6-13-30-19)26-22(27)17-7-2-1-3-8-17/h1-11,13,15H,12,14,16H2,(H,25,28)(H,26,27)/b21-15-. The molecule has 0 radical (unpaired) electrons. The van der Waals surface area contributed by atoms with Crippen molar-refractivity contribution in [1.29, 1.82) is 0 Å². The van der Waals surface area contributed by atoms with Gasteiger partial charge in [0.05, 0.1) is 0 Å². The highest BCUT2D eigenvalue weighted by atomic mass is 32.2. The Kier molecular flexibility index (Phi) is 8.23. The monoisotopic (exact) mass is 440 g/mol. The lowest BCUT2D eigenvalue weighted by molar-refractivity contribution is -0.117. The first-order chi connectivity index (χ1) is 14.6. The van der Waals surface area contributed by atoms with Crippen LogP contribution in [0, 0.1) is 5.82 Å². The van der Waals surface area contributed by atoms with E-state index in [1.54, 1.807) is 48.5 Å². The van der Waals surface area contributed by atoms with Crippen LogP contribution in [0.5, 0.6) is 0 Å². The van der Waals surface area contributed by atoms with Gasteiger partial charge in [-0.1, -0.05) is 42.5 Å². The molecule has 0 bridgehead atoms. The summed E-state index contributed by atoms with van der Waals surface area (Å²) in [5.74, 6) is 0.227. The van der Waals surface area contributed by atoms with Gasteiger partial charge < -0.3 is 10.6 Å². The molecule has 1 heterocycles. The minimum Gasteiger partial charge on any atom is -0.350 e.